The average molecular weight is 362 g/mol. The van der Waals surface area contributed by atoms with Crippen molar-refractivity contribution in [3.05, 3.63) is 40.0 Å². The van der Waals surface area contributed by atoms with Crippen molar-refractivity contribution in [2.45, 2.75) is 46.2 Å². The lowest BCUT2D eigenvalue weighted by atomic mass is 10.2. The van der Waals surface area contributed by atoms with Gasteiger partial charge in [-0.15, -0.1) is 11.3 Å². The first-order chi connectivity index (χ1) is 12.1. The minimum atomic E-state index is 0.453. The van der Waals surface area contributed by atoms with Gasteiger partial charge in [0.25, 0.3) is 0 Å². The molecule has 2 aromatic rings. The summed E-state index contributed by atoms with van der Waals surface area (Å²) in [4.78, 5) is 13.2. The fraction of sp³-hybridized carbons (Fsp3) is 0.500. The van der Waals surface area contributed by atoms with Gasteiger partial charge in [0.1, 0.15) is 5.01 Å². The molecule has 0 unspecified atom stereocenters. The first kappa shape index (κ1) is 19.2. The molecule has 0 bridgehead atoms. The second-order valence-corrected chi connectivity index (χ2v) is 6.86. The van der Waals surface area contributed by atoms with E-state index in [4.69, 9.17) is 4.74 Å². The molecule has 2 rings (SSSR count). The monoisotopic (exact) mass is 361 g/mol. The number of hydrogen-bond donors (Lipinski definition) is 2. The maximum atomic E-state index is 5.69. The number of aromatic nitrogens is 2. The Morgan fingerprint density at radius 1 is 1.32 bits per heavy atom. The fourth-order valence-corrected chi connectivity index (χ4v) is 3.01. The molecule has 25 heavy (non-hydrogen) atoms. The van der Waals surface area contributed by atoms with Gasteiger partial charge in [0.05, 0.1) is 18.8 Å². The number of thiazole rings is 1. The zero-order valence-electron chi connectivity index (χ0n) is 15.4. The highest BCUT2D eigenvalue weighted by molar-refractivity contribution is 7.09. The molecule has 0 saturated heterocycles. The van der Waals surface area contributed by atoms with Gasteiger partial charge in [-0.05, 0) is 18.4 Å². The first-order valence-corrected chi connectivity index (χ1v) is 9.47. The predicted octanol–water partition coefficient (Wildman–Crippen LogP) is 3.32. The molecule has 0 aliphatic heterocycles. The minimum absolute atomic E-state index is 0.453. The molecular weight excluding hydrogens is 334 g/mol. The van der Waals surface area contributed by atoms with Gasteiger partial charge in [-0.25, -0.2) is 9.97 Å². The summed E-state index contributed by atoms with van der Waals surface area (Å²) in [6.45, 7) is 8.30. The molecule has 136 valence electrons. The Bertz CT molecular complexity index is 684. The molecule has 0 saturated carbocycles. The molecule has 0 aromatic carbocycles. The van der Waals surface area contributed by atoms with Crippen LogP contribution in [0.2, 0.25) is 0 Å². The molecule has 0 fully saturated rings. The van der Waals surface area contributed by atoms with E-state index in [1.54, 1.807) is 24.6 Å². The van der Waals surface area contributed by atoms with E-state index in [2.05, 4.69) is 51.7 Å². The van der Waals surface area contributed by atoms with Crippen molar-refractivity contribution in [2.75, 3.05) is 13.7 Å². The Hall–Kier alpha value is -2.15. The van der Waals surface area contributed by atoms with Crippen molar-refractivity contribution >= 4 is 17.3 Å². The molecule has 0 aliphatic carbocycles. The van der Waals surface area contributed by atoms with Gasteiger partial charge in [-0.3, -0.25) is 4.99 Å². The van der Waals surface area contributed by atoms with E-state index in [0.717, 1.165) is 28.6 Å². The lowest BCUT2D eigenvalue weighted by Crippen LogP contribution is -2.36. The van der Waals surface area contributed by atoms with E-state index in [9.17, 15) is 0 Å². The lowest BCUT2D eigenvalue weighted by molar-refractivity contribution is 0.301. The Balaban J connectivity index is 1.88. The molecule has 0 atom stereocenters. The zero-order valence-corrected chi connectivity index (χ0v) is 16.2. The SMILES string of the molecule is CCCOc1ncccc1CNC(=NC)NCc1nc(C(C)C)cs1. The molecule has 7 heteroatoms. The fourth-order valence-electron chi connectivity index (χ4n) is 2.12. The van der Waals surface area contributed by atoms with Gasteiger partial charge in [0.15, 0.2) is 5.96 Å². The summed E-state index contributed by atoms with van der Waals surface area (Å²) in [7, 11) is 1.76. The summed E-state index contributed by atoms with van der Waals surface area (Å²) in [5, 5.41) is 9.77. The number of hydrogen-bond acceptors (Lipinski definition) is 5. The first-order valence-electron chi connectivity index (χ1n) is 8.59. The Kier molecular flexibility index (Phi) is 7.66. The summed E-state index contributed by atoms with van der Waals surface area (Å²) in [5.74, 6) is 1.86. The molecule has 2 heterocycles. The van der Waals surface area contributed by atoms with Crippen molar-refractivity contribution < 1.29 is 4.74 Å². The molecule has 6 nitrogen and oxygen atoms in total. The standard InChI is InChI=1S/C18H27N5OS/c1-5-9-24-17-14(7-6-8-20-17)10-21-18(19-4)22-11-16-23-15(12-25-16)13(2)3/h6-8,12-13H,5,9-11H2,1-4H3,(H2,19,21,22). The maximum Gasteiger partial charge on any atom is 0.218 e. The molecule has 0 radical (unpaired) electrons. The number of nitrogens with one attached hydrogen (secondary N) is 2. The quantitative estimate of drug-likeness (QED) is 0.557. The minimum Gasteiger partial charge on any atom is -0.477 e. The van der Waals surface area contributed by atoms with Gasteiger partial charge >= 0.3 is 0 Å². The second-order valence-electron chi connectivity index (χ2n) is 5.92. The van der Waals surface area contributed by atoms with Crippen LogP contribution in [0.25, 0.3) is 0 Å². The third-order valence-corrected chi connectivity index (χ3v) is 4.40. The smallest absolute Gasteiger partial charge is 0.218 e. The number of aliphatic imine (C=N–C) groups is 1. The topological polar surface area (TPSA) is 71.4 Å². The van der Waals surface area contributed by atoms with Crippen LogP contribution in [0.4, 0.5) is 0 Å². The molecule has 2 N–H and O–H groups in total. The van der Waals surface area contributed by atoms with Crippen molar-refractivity contribution in [1.29, 1.82) is 0 Å². The van der Waals surface area contributed by atoms with Crippen LogP contribution in [0.5, 0.6) is 5.88 Å². The van der Waals surface area contributed by atoms with Crippen LogP contribution >= 0.6 is 11.3 Å². The van der Waals surface area contributed by atoms with E-state index < -0.39 is 0 Å². The molecule has 0 amide bonds. The van der Waals surface area contributed by atoms with Crippen molar-refractivity contribution in [2.24, 2.45) is 4.99 Å². The summed E-state index contributed by atoms with van der Waals surface area (Å²) >= 11 is 1.67. The van der Waals surface area contributed by atoms with Gasteiger partial charge in [0.2, 0.25) is 5.88 Å². The van der Waals surface area contributed by atoms with Gasteiger partial charge in [-0.1, -0.05) is 26.8 Å². The summed E-state index contributed by atoms with van der Waals surface area (Å²) < 4.78 is 5.69. The van der Waals surface area contributed by atoms with Crippen molar-refractivity contribution in [1.82, 2.24) is 20.6 Å². The summed E-state index contributed by atoms with van der Waals surface area (Å²) in [6.07, 6.45) is 2.70. The average Bonchev–Trinajstić information content (AvgIpc) is 3.10. The number of rotatable bonds is 8. The molecule has 0 spiro atoms. The van der Waals surface area contributed by atoms with Crippen LogP contribution in [-0.2, 0) is 13.1 Å². The number of ether oxygens (including phenoxy) is 1. The highest BCUT2D eigenvalue weighted by Gasteiger charge is 2.08. The second kappa shape index (κ2) is 9.98. The third kappa shape index (κ3) is 6.01. The number of guanidine groups is 1. The molecular formula is C18H27N5OS. The highest BCUT2D eigenvalue weighted by Crippen LogP contribution is 2.17. The zero-order chi connectivity index (χ0) is 18.1. The van der Waals surface area contributed by atoms with Crippen LogP contribution in [0.15, 0.2) is 28.7 Å². The number of pyridine rings is 1. The summed E-state index contributed by atoms with van der Waals surface area (Å²) in [6, 6.07) is 3.92. The van der Waals surface area contributed by atoms with Crippen molar-refractivity contribution in [3.8, 4) is 5.88 Å². The number of nitrogens with zero attached hydrogens (tertiary/aromatic N) is 3. The maximum absolute atomic E-state index is 5.69. The van der Waals surface area contributed by atoms with Crippen LogP contribution < -0.4 is 15.4 Å². The Morgan fingerprint density at radius 2 is 2.12 bits per heavy atom. The third-order valence-electron chi connectivity index (χ3n) is 3.53. The summed E-state index contributed by atoms with van der Waals surface area (Å²) in [5.41, 5.74) is 2.15. The van der Waals surface area contributed by atoms with E-state index in [0.29, 0.717) is 31.5 Å². The Morgan fingerprint density at radius 3 is 2.80 bits per heavy atom. The Labute approximate surface area is 153 Å². The van der Waals surface area contributed by atoms with Crippen molar-refractivity contribution in [3.63, 3.8) is 0 Å². The van der Waals surface area contributed by atoms with E-state index in [1.165, 1.54) is 0 Å². The molecule has 2 aromatic heterocycles. The predicted molar refractivity (Wildman–Crippen MR) is 103 cm³/mol. The lowest BCUT2D eigenvalue weighted by Gasteiger charge is -2.13. The van der Waals surface area contributed by atoms with Crippen LogP contribution in [0, 0.1) is 0 Å². The largest absolute Gasteiger partial charge is 0.477 e. The van der Waals surface area contributed by atoms with E-state index in [-0.39, 0.29) is 0 Å². The van der Waals surface area contributed by atoms with Crippen LogP contribution in [-0.4, -0.2) is 29.6 Å². The van der Waals surface area contributed by atoms with Gasteiger partial charge < -0.3 is 15.4 Å². The van der Waals surface area contributed by atoms with Gasteiger partial charge in [-0.2, -0.15) is 0 Å². The van der Waals surface area contributed by atoms with Crippen LogP contribution in [0.3, 0.4) is 0 Å². The molecule has 0 aliphatic rings. The van der Waals surface area contributed by atoms with Gasteiger partial charge in [0, 0.05) is 30.7 Å². The van der Waals surface area contributed by atoms with E-state index in [1.807, 2.05) is 12.1 Å². The normalized spacial score (nSPS) is 11.6. The highest BCUT2D eigenvalue weighted by atomic mass is 32.1. The van der Waals surface area contributed by atoms with E-state index >= 15 is 0 Å². The van der Waals surface area contributed by atoms with Crippen LogP contribution in [0.1, 0.15) is 49.4 Å².